The van der Waals surface area contributed by atoms with Crippen LogP contribution in [0.25, 0.3) is 0 Å². The second kappa shape index (κ2) is 9.19. The number of anilines is 2. The Bertz CT molecular complexity index is 871. The van der Waals surface area contributed by atoms with E-state index in [0.717, 1.165) is 0 Å². The largest absolute Gasteiger partial charge is 0.442 e. The lowest BCUT2D eigenvalue weighted by Gasteiger charge is -2.30. The summed E-state index contributed by atoms with van der Waals surface area (Å²) in [5.74, 6) is -1.27. The third kappa shape index (κ3) is 5.04. The van der Waals surface area contributed by atoms with Gasteiger partial charge in [-0.2, -0.15) is 0 Å². The predicted molar refractivity (Wildman–Crippen MR) is 110 cm³/mol. The van der Waals surface area contributed by atoms with Gasteiger partial charge in [-0.05, 0) is 18.2 Å². The lowest BCUT2D eigenvalue weighted by Crippen LogP contribution is -2.48. The van der Waals surface area contributed by atoms with Crippen LogP contribution in [0.15, 0.2) is 18.2 Å². The van der Waals surface area contributed by atoms with E-state index in [1.54, 1.807) is 17.0 Å². The summed E-state index contributed by atoms with van der Waals surface area (Å²) in [5, 5.41) is 5.32. The molecule has 3 rings (SSSR count). The normalized spacial score (nSPS) is 19.2. The van der Waals surface area contributed by atoms with Crippen LogP contribution in [0.2, 0.25) is 0 Å². The van der Waals surface area contributed by atoms with Crippen LogP contribution in [-0.2, 0) is 19.1 Å². The molecule has 2 fully saturated rings. The molecule has 0 radical (unpaired) electrons. The lowest BCUT2D eigenvalue weighted by atomic mass is 10.2. The molecule has 1 N–H and O–H groups in total. The summed E-state index contributed by atoms with van der Waals surface area (Å²) in [4.78, 5) is 50.0. The van der Waals surface area contributed by atoms with Crippen LogP contribution < -0.4 is 15.1 Å². The highest BCUT2D eigenvalue weighted by molar-refractivity contribution is 5.90. The minimum Gasteiger partial charge on any atom is -0.442 e. The van der Waals surface area contributed by atoms with Gasteiger partial charge in [-0.1, -0.05) is 0 Å². The van der Waals surface area contributed by atoms with Crippen molar-refractivity contribution in [2.75, 3.05) is 49.1 Å². The molecule has 168 valence electrons. The number of halogens is 1. The number of carbonyl (C=O) groups excluding carboxylic acids is 4. The van der Waals surface area contributed by atoms with E-state index in [1.165, 1.54) is 41.8 Å². The standard InChI is InChI=1S/C20H26FN5O5/c1-13(27)22-11-17-12-24(20(30)31-17)16-4-5-19(18(21)10-16)23-6-8-25(14(2)28)26(9-7-23)15(3)29/h4-5,10,17H,6-9,11-12H2,1-3H3,(H,22,27)/t17-/m0/s1. The third-order valence-electron chi connectivity index (χ3n) is 5.22. The molecule has 31 heavy (non-hydrogen) atoms. The molecule has 2 aliphatic rings. The molecule has 2 heterocycles. The summed E-state index contributed by atoms with van der Waals surface area (Å²) < 4.78 is 20.2. The Hall–Kier alpha value is -3.37. The summed E-state index contributed by atoms with van der Waals surface area (Å²) in [7, 11) is 0. The molecular formula is C20H26FN5O5. The SMILES string of the molecule is CC(=O)NC[C@H]1CN(c2ccc(N3CCN(C(C)=O)N(C(C)=O)CC3)c(F)c2)C(=O)O1. The van der Waals surface area contributed by atoms with Crippen LogP contribution in [0.5, 0.6) is 0 Å². The van der Waals surface area contributed by atoms with E-state index >= 15 is 0 Å². The fraction of sp³-hybridized carbons (Fsp3) is 0.500. The molecule has 1 aromatic rings. The number of carbonyl (C=O) groups is 4. The van der Waals surface area contributed by atoms with Crippen molar-refractivity contribution in [3.05, 3.63) is 24.0 Å². The van der Waals surface area contributed by atoms with Crippen LogP contribution in [0, 0.1) is 5.82 Å². The van der Waals surface area contributed by atoms with Gasteiger partial charge in [0, 0.05) is 33.9 Å². The summed E-state index contributed by atoms with van der Waals surface area (Å²) in [6.45, 7) is 5.72. The average Bonchev–Trinajstić information content (AvgIpc) is 2.92. The summed E-state index contributed by atoms with van der Waals surface area (Å²) >= 11 is 0. The van der Waals surface area contributed by atoms with Gasteiger partial charge in [-0.25, -0.2) is 19.2 Å². The van der Waals surface area contributed by atoms with E-state index in [2.05, 4.69) is 5.32 Å². The van der Waals surface area contributed by atoms with Crippen LogP contribution in [0.3, 0.4) is 0 Å². The number of ether oxygens (including phenoxy) is 1. The Labute approximate surface area is 179 Å². The van der Waals surface area contributed by atoms with Crippen molar-refractivity contribution in [2.45, 2.75) is 26.9 Å². The number of benzene rings is 1. The summed E-state index contributed by atoms with van der Waals surface area (Å²) in [6.07, 6.45) is -1.12. The quantitative estimate of drug-likeness (QED) is 0.748. The fourth-order valence-electron chi connectivity index (χ4n) is 3.70. The van der Waals surface area contributed by atoms with Crippen molar-refractivity contribution in [2.24, 2.45) is 0 Å². The maximum absolute atomic E-state index is 15.0. The maximum atomic E-state index is 15.0. The zero-order valence-electron chi connectivity index (χ0n) is 17.8. The number of cyclic esters (lactones) is 1. The molecule has 1 aromatic carbocycles. The maximum Gasteiger partial charge on any atom is 0.414 e. The number of amides is 4. The van der Waals surface area contributed by atoms with Gasteiger partial charge in [0.1, 0.15) is 11.9 Å². The Morgan fingerprint density at radius 1 is 1.06 bits per heavy atom. The molecule has 0 aromatic heterocycles. The zero-order valence-corrected chi connectivity index (χ0v) is 17.8. The van der Waals surface area contributed by atoms with Crippen molar-refractivity contribution in [3.8, 4) is 0 Å². The number of hydrogen-bond acceptors (Lipinski definition) is 6. The first-order valence-corrected chi connectivity index (χ1v) is 10.0. The fourth-order valence-corrected chi connectivity index (χ4v) is 3.70. The van der Waals surface area contributed by atoms with E-state index in [4.69, 9.17) is 4.74 Å². The Balaban J connectivity index is 1.72. The molecule has 0 bridgehead atoms. The first-order valence-electron chi connectivity index (χ1n) is 10.0. The molecule has 0 aliphatic carbocycles. The number of nitrogens with zero attached hydrogens (tertiary/aromatic N) is 4. The molecule has 0 spiro atoms. The monoisotopic (exact) mass is 435 g/mol. The zero-order chi connectivity index (χ0) is 22.7. The molecule has 2 aliphatic heterocycles. The Morgan fingerprint density at radius 3 is 2.19 bits per heavy atom. The van der Waals surface area contributed by atoms with Gasteiger partial charge in [0.15, 0.2) is 0 Å². The lowest BCUT2D eigenvalue weighted by molar-refractivity contribution is -0.159. The molecule has 10 nitrogen and oxygen atoms in total. The third-order valence-corrected chi connectivity index (χ3v) is 5.22. The molecule has 11 heteroatoms. The van der Waals surface area contributed by atoms with Gasteiger partial charge in [0.25, 0.3) is 0 Å². The molecule has 0 saturated carbocycles. The van der Waals surface area contributed by atoms with E-state index in [0.29, 0.717) is 24.5 Å². The van der Waals surface area contributed by atoms with Gasteiger partial charge in [0.05, 0.1) is 37.6 Å². The van der Waals surface area contributed by atoms with Gasteiger partial charge in [0.2, 0.25) is 17.7 Å². The van der Waals surface area contributed by atoms with Crippen LogP contribution in [0.4, 0.5) is 20.6 Å². The van der Waals surface area contributed by atoms with E-state index in [-0.39, 0.29) is 43.9 Å². The smallest absolute Gasteiger partial charge is 0.414 e. The van der Waals surface area contributed by atoms with Gasteiger partial charge in [-0.15, -0.1) is 0 Å². The van der Waals surface area contributed by atoms with E-state index in [9.17, 15) is 23.6 Å². The minimum atomic E-state index is -0.605. The first-order chi connectivity index (χ1) is 14.7. The summed E-state index contributed by atoms with van der Waals surface area (Å²) in [5.41, 5.74) is 0.669. The number of nitrogens with one attached hydrogen (secondary N) is 1. The molecule has 4 amide bonds. The Morgan fingerprint density at radius 2 is 1.68 bits per heavy atom. The number of hydrazine groups is 1. The van der Waals surface area contributed by atoms with Crippen molar-refractivity contribution in [1.29, 1.82) is 0 Å². The van der Waals surface area contributed by atoms with Crippen molar-refractivity contribution >= 4 is 35.2 Å². The van der Waals surface area contributed by atoms with Crippen molar-refractivity contribution in [3.63, 3.8) is 0 Å². The highest BCUT2D eigenvalue weighted by atomic mass is 19.1. The average molecular weight is 435 g/mol. The van der Waals surface area contributed by atoms with E-state index < -0.39 is 18.0 Å². The van der Waals surface area contributed by atoms with Gasteiger partial charge >= 0.3 is 6.09 Å². The van der Waals surface area contributed by atoms with Crippen molar-refractivity contribution < 1.29 is 28.3 Å². The van der Waals surface area contributed by atoms with Crippen LogP contribution >= 0.6 is 0 Å². The van der Waals surface area contributed by atoms with Crippen molar-refractivity contribution in [1.82, 2.24) is 15.3 Å². The van der Waals surface area contributed by atoms with Gasteiger partial charge in [-0.3, -0.25) is 19.3 Å². The second-order valence-corrected chi connectivity index (χ2v) is 7.46. The topological polar surface area (TPSA) is 103 Å². The highest BCUT2D eigenvalue weighted by Gasteiger charge is 2.33. The molecule has 1 atom stereocenters. The predicted octanol–water partition coefficient (Wildman–Crippen LogP) is 0.719. The van der Waals surface area contributed by atoms with Crippen LogP contribution in [0.1, 0.15) is 20.8 Å². The molecule has 0 unspecified atom stereocenters. The Kier molecular flexibility index (Phi) is 6.62. The molecular weight excluding hydrogens is 409 g/mol. The van der Waals surface area contributed by atoms with Gasteiger partial charge < -0.3 is 15.0 Å². The summed E-state index contributed by atoms with van der Waals surface area (Å²) in [6, 6.07) is 4.45. The first kappa shape index (κ1) is 22.3. The number of rotatable bonds is 4. The molecule has 2 saturated heterocycles. The highest BCUT2D eigenvalue weighted by Crippen LogP contribution is 2.28. The second-order valence-electron chi connectivity index (χ2n) is 7.46. The number of hydrogen-bond donors (Lipinski definition) is 1. The van der Waals surface area contributed by atoms with E-state index in [1.807, 2.05) is 0 Å². The van der Waals surface area contributed by atoms with Crippen LogP contribution in [-0.4, -0.2) is 79.2 Å². The minimum absolute atomic E-state index is 0.186.